The summed E-state index contributed by atoms with van der Waals surface area (Å²) >= 11 is 2.94. The number of imidazole rings is 1. The van der Waals surface area contributed by atoms with E-state index >= 15 is 0 Å². The Hall–Kier alpha value is -1.69. The average Bonchev–Trinajstić information content (AvgIpc) is 2.70. The third-order valence-corrected chi connectivity index (χ3v) is 2.81. The summed E-state index contributed by atoms with van der Waals surface area (Å²) in [5.41, 5.74) is 9.21. The molecule has 3 heterocycles. The molecule has 0 aromatic carbocycles. The Kier molecular flexibility index (Phi) is 3.47. The lowest BCUT2D eigenvalue weighted by molar-refractivity contribution is 0.887. The maximum atomic E-state index is 5.89. The minimum Gasteiger partial charge on any atom is -0.382 e. The molecule has 0 atom stereocenters. The third kappa shape index (κ3) is 1.82. The molecule has 5 nitrogen and oxygen atoms in total. The van der Waals surface area contributed by atoms with Crippen LogP contribution in [0.15, 0.2) is 18.3 Å². The van der Waals surface area contributed by atoms with Crippen molar-refractivity contribution in [3.05, 3.63) is 24.2 Å². The van der Waals surface area contributed by atoms with Gasteiger partial charge in [0.25, 0.3) is 0 Å². The lowest BCUT2D eigenvalue weighted by Gasteiger charge is -2.02. The van der Waals surface area contributed by atoms with E-state index in [-0.39, 0.29) is 1.43 Å². The highest BCUT2D eigenvalue weighted by atomic mass is 79.9. The monoisotopic (exact) mass is 310 g/mol. The van der Waals surface area contributed by atoms with Gasteiger partial charge >= 0.3 is 0 Å². The van der Waals surface area contributed by atoms with Gasteiger partial charge in [-0.1, -0.05) is 15.9 Å². The van der Waals surface area contributed by atoms with E-state index in [1.54, 1.807) is 6.20 Å². The Morgan fingerprint density at radius 3 is 2.72 bits per heavy atom. The molecular formula is C12H16BrN5. The topological polar surface area (TPSA) is 69.6 Å². The van der Waals surface area contributed by atoms with Gasteiger partial charge in [-0.15, -0.1) is 0 Å². The van der Waals surface area contributed by atoms with Crippen LogP contribution in [0.1, 0.15) is 7.25 Å². The van der Waals surface area contributed by atoms with Crippen LogP contribution in [0.4, 0.5) is 5.82 Å². The molecule has 3 rings (SSSR count). The number of nitrogens with two attached hydrogens (primary N) is 1. The second kappa shape index (κ2) is 4.89. The van der Waals surface area contributed by atoms with Gasteiger partial charge in [0.15, 0.2) is 5.82 Å². The summed E-state index contributed by atoms with van der Waals surface area (Å²) in [6.45, 7) is 1.94. The molecule has 6 heteroatoms. The van der Waals surface area contributed by atoms with Crippen molar-refractivity contribution in [1.29, 1.82) is 0 Å². The van der Waals surface area contributed by atoms with Gasteiger partial charge < -0.3 is 10.3 Å². The van der Waals surface area contributed by atoms with Gasteiger partial charge in [0.05, 0.1) is 5.52 Å². The zero-order chi connectivity index (χ0) is 13.3. The number of alkyl halides is 1. The minimum absolute atomic E-state index is 0. The first-order valence-electron chi connectivity index (χ1n) is 5.39. The molecule has 0 radical (unpaired) electrons. The fourth-order valence-corrected chi connectivity index (χ4v) is 1.91. The summed E-state index contributed by atoms with van der Waals surface area (Å²) in [5, 5.41) is 0. The van der Waals surface area contributed by atoms with Crippen LogP contribution >= 0.6 is 15.9 Å². The van der Waals surface area contributed by atoms with E-state index in [0.29, 0.717) is 5.82 Å². The van der Waals surface area contributed by atoms with Crippen LogP contribution in [-0.4, -0.2) is 25.4 Å². The van der Waals surface area contributed by atoms with Crippen LogP contribution in [0.3, 0.4) is 0 Å². The maximum Gasteiger partial charge on any atom is 0.152 e. The Balaban J connectivity index is 0.000000576. The number of aryl methyl sites for hydroxylation is 2. The Labute approximate surface area is 115 Å². The molecule has 0 bridgehead atoms. The summed E-state index contributed by atoms with van der Waals surface area (Å²) in [7, 11) is 1.96. The van der Waals surface area contributed by atoms with Gasteiger partial charge in [-0.05, 0) is 24.9 Å². The van der Waals surface area contributed by atoms with Gasteiger partial charge in [-0.25, -0.2) is 9.97 Å². The van der Waals surface area contributed by atoms with Crippen molar-refractivity contribution in [2.75, 3.05) is 11.6 Å². The first-order chi connectivity index (χ1) is 8.68. The van der Waals surface area contributed by atoms with Crippen molar-refractivity contribution < 1.29 is 1.43 Å². The van der Waals surface area contributed by atoms with E-state index in [2.05, 4.69) is 30.9 Å². The first-order valence-corrected chi connectivity index (χ1v) is 6.98. The molecule has 2 N–H and O–H groups in total. The van der Waals surface area contributed by atoms with Crippen molar-refractivity contribution in [2.24, 2.45) is 7.05 Å². The molecule has 0 aliphatic rings. The van der Waals surface area contributed by atoms with Gasteiger partial charge in [-0.2, -0.15) is 0 Å². The van der Waals surface area contributed by atoms with Gasteiger partial charge in [0.1, 0.15) is 22.4 Å². The Bertz CT molecular complexity index is 710. The second-order valence-electron chi connectivity index (χ2n) is 3.78. The van der Waals surface area contributed by atoms with Crippen LogP contribution in [0.2, 0.25) is 0 Å². The molecular weight excluding hydrogens is 294 g/mol. The van der Waals surface area contributed by atoms with Crippen LogP contribution in [0.25, 0.3) is 22.1 Å². The van der Waals surface area contributed by atoms with Crippen LogP contribution in [-0.2, 0) is 7.05 Å². The molecule has 0 aliphatic carbocycles. The highest BCUT2D eigenvalue weighted by molar-refractivity contribution is 9.08. The molecule has 0 amide bonds. The fourth-order valence-electron chi connectivity index (χ4n) is 1.91. The lowest BCUT2D eigenvalue weighted by atomic mass is 10.2. The highest BCUT2D eigenvalue weighted by Crippen LogP contribution is 2.25. The molecule has 3 aromatic heterocycles. The zero-order valence-electron chi connectivity index (χ0n) is 10.5. The number of hydrogen-bond acceptors (Lipinski definition) is 4. The first kappa shape index (κ1) is 12.8. The normalized spacial score (nSPS) is 10.4. The molecule has 0 aliphatic heterocycles. The Morgan fingerprint density at radius 2 is 2.00 bits per heavy atom. The molecule has 3 aromatic rings. The average molecular weight is 311 g/mol. The number of anilines is 1. The highest BCUT2D eigenvalue weighted by Gasteiger charge is 2.13. The van der Waals surface area contributed by atoms with Crippen LogP contribution < -0.4 is 5.73 Å². The summed E-state index contributed by atoms with van der Waals surface area (Å²) in [4.78, 5) is 13.0. The second-order valence-corrected chi connectivity index (χ2v) is 3.78. The van der Waals surface area contributed by atoms with Crippen LogP contribution in [0.5, 0.6) is 0 Å². The van der Waals surface area contributed by atoms with Crippen molar-refractivity contribution >= 4 is 43.8 Å². The van der Waals surface area contributed by atoms with E-state index < -0.39 is 0 Å². The van der Waals surface area contributed by atoms with E-state index in [1.807, 2.05) is 36.5 Å². The molecule has 96 valence electrons. The summed E-state index contributed by atoms with van der Waals surface area (Å²) in [6.07, 6.45) is 1.75. The number of nitrogens with zero attached hydrogens (tertiary/aromatic N) is 4. The molecule has 0 unspecified atom stereocenters. The minimum atomic E-state index is 0. The number of aromatic nitrogens is 4. The smallest absolute Gasteiger partial charge is 0.152 e. The lowest BCUT2D eigenvalue weighted by Crippen LogP contribution is -1.96. The molecule has 18 heavy (non-hydrogen) atoms. The van der Waals surface area contributed by atoms with Crippen molar-refractivity contribution in [3.8, 4) is 0 Å². The van der Waals surface area contributed by atoms with E-state index in [4.69, 9.17) is 5.73 Å². The van der Waals surface area contributed by atoms with Crippen molar-refractivity contribution in [3.63, 3.8) is 0 Å². The van der Waals surface area contributed by atoms with Crippen LogP contribution in [0, 0.1) is 6.92 Å². The standard InChI is InChI=1S/C11H11N5.CH3Br.H2/c1-6-14-9-10(16(6)2)8-7(15-11(9)12)4-3-5-13-8;1-2;/h3-5H,1-2H3,(H2,12,15);1H3;1H/i;;1+1. The zero-order valence-corrected chi connectivity index (χ0v) is 12.1. The van der Waals surface area contributed by atoms with E-state index in [0.717, 1.165) is 27.9 Å². The summed E-state index contributed by atoms with van der Waals surface area (Å²) in [6, 6.07) is 3.75. The molecule has 0 fully saturated rings. The number of halogens is 1. The summed E-state index contributed by atoms with van der Waals surface area (Å²) < 4.78 is 1.99. The molecule has 0 saturated heterocycles. The SMILES string of the molecule is CBr.Cc1nc2c(N)nc3cccnc3c2n1C.[2HH]. The maximum absolute atomic E-state index is 5.89. The van der Waals surface area contributed by atoms with Gasteiger partial charge in [0, 0.05) is 14.7 Å². The molecule has 0 spiro atoms. The van der Waals surface area contributed by atoms with Crippen molar-refractivity contribution in [1.82, 2.24) is 19.5 Å². The fraction of sp³-hybridized carbons (Fsp3) is 0.250. The number of nitrogen functional groups attached to an aromatic ring is 1. The number of fused-ring (bicyclic) bond motifs is 3. The van der Waals surface area contributed by atoms with Gasteiger partial charge in [0.2, 0.25) is 0 Å². The summed E-state index contributed by atoms with van der Waals surface area (Å²) in [5.74, 6) is 3.17. The number of hydrogen-bond donors (Lipinski definition) is 1. The van der Waals surface area contributed by atoms with Crippen molar-refractivity contribution in [2.45, 2.75) is 6.92 Å². The molecule has 0 saturated carbocycles. The predicted molar refractivity (Wildman–Crippen MR) is 79.9 cm³/mol. The quantitative estimate of drug-likeness (QED) is 0.648. The Morgan fingerprint density at radius 1 is 1.28 bits per heavy atom. The number of rotatable bonds is 0. The number of pyridine rings is 2. The van der Waals surface area contributed by atoms with E-state index in [1.165, 1.54) is 0 Å². The largest absolute Gasteiger partial charge is 0.382 e. The predicted octanol–water partition coefficient (Wildman–Crippen LogP) is 2.66. The van der Waals surface area contributed by atoms with Gasteiger partial charge in [-0.3, -0.25) is 4.98 Å². The van der Waals surface area contributed by atoms with E-state index in [9.17, 15) is 0 Å². The third-order valence-electron chi connectivity index (χ3n) is 2.81.